The van der Waals surface area contributed by atoms with Crippen LogP contribution in [0.15, 0.2) is 35.1 Å². The van der Waals surface area contributed by atoms with Crippen LogP contribution in [0.3, 0.4) is 0 Å². The van der Waals surface area contributed by atoms with Gasteiger partial charge in [0.25, 0.3) is 5.56 Å². The zero-order valence-electron chi connectivity index (χ0n) is 14.8. The quantitative estimate of drug-likeness (QED) is 0.835. The number of alkyl halides is 1. The Kier molecular flexibility index (Phi) is 4.79. The van der Waals surface area contributed by atoms with Crippen molar-refractivity contribution < 1.29 is 13.9 Å². The van der Waals surface area contributed by atoms with Crippen molar-refractivity contribution in [2.75, 3.05) is 6.61 Å². The van der Waals surface area contributed by atoms with Crippen LogP contribution in [0.2, 0.25) is 0 Å². The molecule has 2 heterocycles. The van der Waals surface area contributed by atoms with Gasteiger partial charge in [-0.05, 0) is 29.5 Å². The van der Waals surface area contributed by atoms with Crippen LogP contribution >= 0.6 is 0 Å². The highest BCUT2D eigenvalue weighted by molar-refractivity contribution is 5.28. The first-order valence-electron chi connectivity index (χ1n) is 8.39. The Labute approximate surface area is 146 Å². The number of halogens is 1. The molecule has 1 aromatic heterocycles. The molecule has 1 aromatic carbocycles. The summed E-state index contributed by atoms with van der Waals surface area (Å²) in [6, 6.07) is 9.37. The average molecular weight is 346 g/mol. The van der Waals surface area contributed by atoms with Gasteiger partial charge in [-0.3, -0.25) is 9.36 Å². The fraction of sp³-hybridized carbons (Fsp3) is 0.474. The molecule has 0 N–H and O–H groups in total. The van der Waals surface area contributed by atoms with E-state index in [2.05, 4.69) is 37.9 Å². The molecule has 5 nitrogen and oxygen atoms in total. The molecule has 0 radical (unpaired) electrons. The maximum absolute atomic E-state index is 13.0. The highest BCUT2D eigenvalue weighted by Crippen LogP contribution is 2.24. The summed E-state index contributed by atoms with van der Waals surface area (Å²) < 4.78 is 26.0. The Morgan fingerprint density at radius 2 is 2.04 bits per heavy atom. The SMILES string of the molecule is CC(C)(C)Cc1ccc(OCC2Cn3c(CF)cc(=O)nc3O2)cc1. The first-order chi connectivity index (χ1) is 11.8. The second-order valence-electron chi connectivity index (χ2n) is 7.54. The van der Waals surface area contributed by atoms with Crippen LogP contribution in [-0.2, 0) is 19.6 Å². The molecule has 0 spiro atoms. The summed E-state index contributed by atoms with van der Waals surface area (Å²) in [5.41, 5.74) is 1.29. The van der Waals surface area contributed by atoms with Gasteiger partial charge in [0.2, 0.25) is 0 Å². The van der Waals surface area contributed by atoms with Gasteiger partial charge in [-0.25, -0.2) is 4.39 Å². The van der Waals surface area contributed by atoms with Gasteiger partial charge in [0.15, 0.2) is 6.10 Å². The second-order valence-corrected chi connectivity index (χ2v) is 7.54. The number of hydrogen-bond donors (Lipinski definition) is 0. The maximum atomic E-state index is 13.0. The summed E-state index contributed by atoms with van der Waals surface area (Å²) in [4.78, 5) is 15.2. The van der Waals surface area contributed by atoms with Crippen molar-refractivity contribution in [1.29, 1.82) is 0 Å². The molecule has 1 aliphatic heterocycles. The minimum atomic E-state index is -0.725. The minimum Gasteiger partial charge on any atom is -0.490 e. The van der Waals surface area contributed by atoms with E-state index in [1.54, 1.807) is 4.57 Å². The zero-order valence-corrected chi connectivity index (χ0v) is 14.8. The molecule has 0 amide bonds. The van der Waals surface area contributed by atoms with Crippen molar-refractivity contribution in [3.63, 3.8) is 0 Å². The van der Waals surface area contributed by atoms with Gasteiger partial charge < -0.3 is 9.47 Å². The monoisotopic (exact) mass is 346 g/mol. The molecular formula is C19H23FN2O3. The van der Waals surface area contributed by atoms with E-state index in [1.807, 2.05) is 12.1 Å². The van der Waals surface area contributed by atoms with Crippen LogP contribution in [-0.4, -0.2) is 22.3 Å². The highest BCUT2D eigenvalue weighted by atomic mass is 19.1. The summed E-state index contributed by atoms with van der Waals surface area (Å²) in [7, 11) is 0. The number of nitrogens with zero attached hydrogens (tertiary/aromatic N) is 2. The lowest BCUT2D eigenvalue weighted by atomic mass is 9.88. The standard InChI is InChI=1S/C19H23FN2O3/c1-19(2,3)9-13-4-6-15(7-5-13)24-12-16-11-22-14(10-20)8-17(23)21-18(22)25-16/h4-8,16H,9-12H2,1-3H3. The molecule has 0 fully saturated rings. The van der Waals surface area contributed by atoms with E-state index in [9.17, 15) is 9.18 Å². The molecule has 6 heteroatoms. The molecule has 1 unspecified atom stereocenters. The first kappa shape index (κ1) is 17.5. The molecule has 0 bridgehead atoms. The normalized spacial score (nSPS) is 16.4. The molecule has 3 rings (SSSR count). The Bertz CT molecular complexity index is 794. The van der Waals surface area contributed by atoms with Crippen LogP contribution in [0.1, 0.15) is 32.0 Å². The van der Waals surface area contributed by atoms with E-state index in [0.717, 1.165) is 12.2 Å². The third-order valence-electron chi connectivity index (χ3n) is 3.96. The van der Waals surface area contributed by atoms with Gasteiger partial charge >= 0.3 is 6.01 Å². The molecule has 1 aliphatic rings. The summed E-state index contributed by atoms with van der Waals surface area (Å²) in [6.45, 7) is 6.62. The van der Waals surface area contributed by atoms with Gasteiger partial charge in [0.1, 0.15) is 19.0 Å². The third kappa shape index (κ3) is 4.38. The minimum absolute atomic E-state index is 0.161. The van der Waals surface area contributed by atoms with E-state index in [1.165, 1.54) is 11.6 Å². The van der Waals surface area contributed by atoms with Gasteiger partial charge in [-0.2, -0.15) is 4.98 Å². The molecule has 2 aromatic rings. The second kappa shape index (κ2) is 6.86. The molecule has 0 aliphatic carbocycles. The molecule has 25 heavy (non-hydrogen) atoms. The van der Waals surface area contributed by atoms with Gasteiger partial charge in [0, 0.05) is 6.07 Å². The van der Waals surface area contributed by atoms with Crippen molar-refractivity contribution >= 4 is 0 Å². The van der Waals surface area contributed by atoms with Crippen molar-refractivity contribution in [2.24, 2.45) is 5.41 Å². The van der Waals surface area contributed by atoms with Crippen molar-refractivity contribution in [3.8, 4) is 11.8 Å². The molecule has 134 valence electrons. The Hall–Kier alpha value is -2.37. The van der Waals surface area contributed by atoms with E-state index in [-0.39, 0.29) is 23.2 Å². The van der Waals surface area contributed by atoms with E-state index >= 15 is 0 Å². The molecule has 0 saturated heterocycles. The Morgan fingerprint density at radius 1 is 1.32 bits per heavy atom. The van der Waals surface area contributed by atoms with Crippen LogP contribution < -0.4 is 15.0 Å². The molecule has 0 saturated carbocycles. The molecular weight excluding hydrogens is 323 g/mol. The van der Waals surface area contributed by atoms with Crippen molar-refractivity contribution in [3.05, 3.63) is 51.9 Å². The smallest absolute Gasteiger partial charge is 0.300 e. The van der Waals surface area contributed by atoms with Crippen LogP contribution in [0.25, 0.3) is 0 Å². The van der Waals surface area contributed by atoms with Crippen molar-refractivity contribution in [1.82, 2.24) is 9.55 Å². The number of ether oxygens (including phenoxy) is 2. The van der Waals surface area contributed by atoms with Gasteiger partial charge in [0.05, 0.1) is 12.2 Å². The van der Waals surface area contributed by atoms with Crippen LogP contribution in [0.4, 0.5) is 4.39 Å². The van der Waals surface area contributed by atoms with E-state index in [0.29, 0.717) is 13.2 Å². The lowest BCUT2D eigenvalue weighted by Gasteiger charge is -2.18. The number of hydrogen-bond acceptors (Lipinski definition) is 4. The fourth-order valence-electron chi connectivity index (χ4n) is 2.91. The van der Waals surface area contributed by atoms with E-state index in [4.69, 9.17) is 9.47 Å². The third-order valence-corrected chi connectivity index (χ3v) is 3.96. The van der Waals surface area contributed by atoms with Crippen LogP contribution in [0, 0.1) is 5.41 Å². The number of fused-ring (bicyclic) bond motifs is 1. The number of benzene rings is 1. The summed E-state index contributed by atoms with van der Waals surface area (Å²) in [5, 5.41) is 0. The van der Waals surface area contributed by atoms with Crippen molar-refractivity contribution in [2.45, 2.75) is 46.5 Å². The summed E-state index contributed by atoms with van der Waals surface area (Å²) in [5.74, 6) is 0.755. The fourth-order valence-corrected chi connectivity index (χ4v) is 2.91. The zero-order chi connectivity index (χ0) is 18.0. The Morgan fingerprint density at radius 3 is 2.68 bits per heavy atom. The highest BCUT2D eigenvalue weighted by Gasteiger charge is 2.26. The maximum Gasteiger partial charge on any atom is 0.300 e. The Balaban J connectivity index is 1.59. The predicted octanol–water partition coefficient (Wildman–Crippen LogP) is 3.14. The topological polar surface area (TPSA) is 53.4 Å². The summed E-state index contributed by atoms with van der Waals surface area (Å²) in [6.07, 6.45) is 0.703. The predicted molar refractivity (Wildman–Crippen MR) is 92.8 cm³/mol. The largest absolute Gasteiger partial charge is 0.490 e. The lowest BCUT2D eigenvalue weighted by molar-refractivity contribution is 0.143. The van der Waals surface area contributed by atoms with Gasteiger partial charge in [-0.1, -0.05) is 32.9 Å². The van der Waals surface area contributed by atoms with Crippen LogP contribution in [0.5, 0.6) is 11.8 Å². The molecule has 1 atom stereocenters. The number of aromatic nitrogens is 2. The number of rotatable bonds is 5. The summed E-state index contributed by atoms with van der Waals surface area (Å²) >= 11 is 0. The first-order valence-corrected chi connectivity index (χ1v) is 8.39. The average Bonchev–Trinajstić information content (AvgIpc) is 2.94. The van der Waals surface area contributed by atoms with Gasteiger partial charge in [-0.15, -0.1) is 0 Å². The lowest BCUT2D eigenvalue weighted by Crippen LogP contribution is -2.23. The van der Waals surface area contributed by atoms with E-state index < -0.39 is 12.2 Å².